The number of benzene rings is 1. The lowest BCUT2D eigenvalue weighted by atomic mass is 10.3. The molecule has 9 heteroatoms. The molecule has 1 aliphatic heterocycles. The summed E-state index contributed by atoms with van der Waals surface area (Å²) in [5.74, 6) is -1.84. The summed E-state index contributed by atoms with van der Waals surface area (Å²) in [4.78, 5) is 5.75. The third-order valence-electron chi connectivity index (χ3n) is 3.35. The van der Waals surface area contributed by atoms with Crippen LogP contribution in [0.4, 0.5) is 13.9 Å². The highest BCUT2D eigenvalue weighted by Gasteiger charge is 2.28. The van der Waals surface area contributed by atoms with Crippen LogP contribution in [0.1, 0.15) is 6.42 Å². The minimum atomic E-state index is -3.95. The Morgan fingerprint density at radius 2 is 2.00 bits per heavy atom. The molecule has 1 aromatic carbocycles. The first kappa shape index (κ1) is 15.3. The predicted molar refractivity (Wildman–Crippen MR) is 79.4 cm³/mol. The molecule has 0 radical (unpaired) electrons. The summed E-state index contributed by atoms with van der Waals surface area (Å²) in [7, 11) is -3.95. The standard InChI is InChI=1S/C13H13F2N3O2S2/c14-9-5-10(15)7-12(6-9)22(19,20)17-11-1-3-18(8-11)13-16-2-4-21-13/h2,4-7,11,17H,1,3,8H2. The highest BCUT2D eigenvalue weighted by atomic mass is 32.2. The molecule has 0 saturated carbocycles. The van der Waals surface area contributed by atoms with Crippen LogP contribution in [0.5, 0.6) is 0 Å². The van der Waals surface area contributed by atoms with E-state index < -0.39 is 26.6 Å². The van der Waals surface area contributed by atoms with Crippen LogP contribution in [0.25, 0.3) is 0 Å². The van der Waals surface area contributed by atoms with Crippen molar-refractivity contribution in [3.05, 3.63) is 41.4 Å². The first-order valence-electron chi connectivity index (χ1n) is 6.57. The Labute approximate surface area is 130 Å². The van der Waals surface area contributed by atoms with Gasteiger partial charge in [0.25, 0.3) is 0 Å². The van der Waals surface area contributed by atoms with E-state index >= 15 is 0 Å². The average Bonchev–Trinajstić information content (AvgIpc) is 3.07. The molecule has 0 aliphatic carbocycles. The van der Waals surface area contributed by atoms with Crippen LogP contribution in [0.2, 0.25) is 0 Å². The van der Waals surface area contributed by atoms with Gasteiger partial charge >= 0.3 is 0 Å². The summed E-state index contributed by atoms with van der Waals surface area (Å²) in [6.07, 6.45) is 2.30. The van der Waals surface area contributed by atoms with Gasteiger partial charge in [0.2, 0.25) is 10.0 Å². The van der Waals surface area contributed by atoms with Gasteiger partial charge in [-0.3, -0.25) is 0 Å². The number of sulfonamides is 1. The van der Waals surface area contributed by atoms with Crippen molar-refractivity contribution in [3.63, 3.8) is 0 Å². The van der Waals surface area contributed by atoms with Gasteiger partial charge in [-0.25, -0.2) is 26.9 Å². The molecule has 22 heavy (non-hydrogen) atoms. The average molecular weight is 345 g/mol. The highest BCUT2D eigenvalue weighted by molar-refractivity contribution is 7.89. The van der Waals surface area contributed by atoms with Crippen LogP contribution in [-0.2, 0) is 10.0 Å². The number of rotatable bonds is 4. The molecule has 1 fully saturated rings. The fraction of sp³-hybridized carbons (Fsp3) is 0.308. The smallest absolute Gasteiger partial charge is 0.241 e. The highest BCUT2D eigenvalue weighted by Crippen LogP contribution is 2.23. The lowest BCUT2D eigenvalue weighted by Gasteiger charge is -2.16. The molecule has 3 rings (SSSR count). The van der Waals surface area contributed by atoms with Gasteiger partial charge in [-0.2, -0.15) is 0 Å². The Bertz CT molecular complexity index is 745. The second-order valence-corrected chi connectivity index (χ2v) is 7.56. The van der Waals surface area contributed by atoms with Gasteiger partial charge in [0.15, 0.2) is 5.13 Å². The van der Waals surface area contributed by atoms with E-state index in [1.54, 1.807) is 6.20 Å². The Hall–Kier alpha value is -1.58. The summed E-state index contributed by atoms with van der Waals surface area (Å²) in [5.41, 5.74) is 0. The SMILES string of the molecule is O=S(=O)(NC1CCN(c2nccs2)C1)c1cc(F)cc(F)c1. The summed E-state index contributed by atoms with van der Waals surface area (Å²) in [6, 6.07) is 1.93. The van der Waals surface area contributed by atoms with Crippen LogP contribution in [0.15, 0.2) is 34.7 Å². The van der Waals surface area contributed by atoms with Crippen LogP contribution in [0, 0.1) is 11.6 Å². The Kier molecular flexibility index (Phi) is 4.11. The fourth-order valence-corrected chi connectivity index (χ4v) is 4.36. The van der Waals surface area contributed by atoms with E-state index in [9.17, 15) is 17.2 Å². The van der Waals surface area contributed by atoms with E-state index in [0.717, 1.165) is 17.3 Å². The van der Waals surface area contributed by atoms with Gasteiger partial charge in [-0.1, -0.05) is 0 Å². The number of hydrogen-bond acceptors (Lipinski definition) is 5. The molecule has 0 amide bonds. The van der Waals surface area contributed by atoms with Gasteiger partial charge in [-0.05, 0) is 18.6 Å². The number of nitrogens with zero attached hydrogens (tertiary/aromatic N) is 2. The number of aromatic nitrogens is 1. The maximum Gasteiger partial charge on any atom is 0.241 e. The van der Waals surface area contributed by atoms with E-state index in [0.29, 0.717) is 25.6 Å². The molecule has 2 aromatic rings. The van der Waals surface area contributed by atoms with Crippen LogP contribution >= 0.6 is 11.3 Å². The topological polar surface area (TPSA) is 62.3 Å². The number of hydrogen-bond donors (Lipinski definition) is 1. The quantitative estimate of drug-likeness (QED) is 0.920. The lowest BCUT2D eigenvalue weighted by molar-refractivity contribution is 0.550. The van der Waals surface area contributed by atoms with Gasteiger partial charge in [-0.15, -0.1) is 11.3 Å². The monoisotopic (exact) mass is 345 g/mol. The predicted octanol–water partition coefficient (Wildman–Crippen LogP) is 1.98. The van der Waals surface area contributed by atoms with E-state index in [-0.39, 0.29) is 6.04 Å². The Morgan fingerprint density at radius 1 is 1.27 bits per heavy atom. The number of anilines is 1. The maximum atomic E-state index is 13.2. The van der Waals surface area contributed by atoms with Crippen molar-refractivity contribution in [3.8, 4) is 0 Å². The third kappa shape index (κ3) is 3.26. The molecule has 1 unspecified atom stereocenters. The minimum Gasteiger partial charge on any atom is -0.346 e. The zero-order valence-electron chi connectivity index (χ0n) is 11.4. The summed E-state index contributed by atoms with van der Waals surface area (Å²) in [5, 5.41) is 2.68. The first-order valence-corrected chi connectivity index (χ1v) is 8.93. The minimum absolute atomic E-state index is 0.319. The van der Waals surface area contributed by atoms with Crippen molar-refractivity contribution in [2.24, 2.45) is 0 Å². The Morgan fingerprint density at radius 3 is 2.64 bits per heavy atom. The molecule has 0 bridgehead atoms. The second-order valence-electron chi connectivity index (χ2n) is 4.97. The van der Waals surface area contributed by atoms with E-state index in [4.69, 9.17) is 0 Å². The zero-order valence-corrected chi connectivity index (χ0v) is 13.0. The fourth-order valence-electron chi connectivity index (χ4n) is 2.37. The van der Waals surface area contributed by atoms with Gasteiger partial charge < -0.3 is 4.90 Å². The van der Waals surface area contributed by atoms with E-state index in [1.165, 1.54) is 11.3 Å². The van der Waals surface area contributed by atoms with Gasteiger partial charge in [0.1, 0.15) is 11.6 Å². The Balaban J connectivity index is 1.72. The summed E-state index contributed by atoms with van der Waals surface area (Å²) >= 11 is 1.48. The third-order valence-corrected chi connectivity index (χ3v) is 5.68. The lowest BCUT2D eigenvalue weighted by Crippen LogP contribution is -2.37. The molecule has 1 N–H and O–H groups in total. The number of thiazole rings is 1. The van der Waals surface area contributed by atoms with Crippen molar-refractivity contribution in [2.45, 2.75) is 17.4 Å². The molecule has 1 saturated heterocycles. The van der Waals surface area contributed by atoms with E-state index in [2.05, 4.69) is 9.71 Å². The molecule has 2 heterocycles. The van der Waals surface area contributed by atoms with Crippen molar-refractivity contribution >= 4 is 26.5 Å². The van der Waals surface area contributed by atoms with Gasteiger partial charge in [0, 0.05) is 36.8 Å². The van der Waals surface area contributed by atoms with E-state index in [1.807, 2.05) is 10.3 Å². The van der Waals surface area contributed by atoms with Crippen molar-refractivity contribution in [1.82, 2.24) is 9.71 Å². The normalized spacial score (nSPS) is 18.8. The van der Waals surface area contributed by atoms with Crippen LogP contribution < -0.4 is 9.62 Å². The second kappa shape index (κ2) is 5.90. The van der Waals surface area contributed by atoms with Crippen molar-refractivity contribution in [2.75, 3.05) is 18.0 Å². The molecule has 1 atom stereocenters. The zero-order chi connectivity index (χ0) is 15.7. The summed E-state index contributed by atoms with van der Waals surface area (Å²) < 4.78 is 53.3. The maximum absolute atomic E-state index is 13.2. The molecule has 1 aliphatic rings. The van der Waals surface area contributed by atoms with Gasteiger partial charge in [0.05, 0.1) is 4.90 Å². The van der Waals surface area contributed by atoms with Crippen LogP contribution in [-0.4, -0.2) is 32.5 Å². The largest absolute Gasteiger partial charge is 0.346 e. The molecular weight excluding hydrogens is 332 g/mol. The molecule has 5 nitrogen and oxygen atoms in total. The molecule has 0 spiro atoms. The molecule has 1 aromatic heterocycles. The number of nitrogens with one attached hydrogen (secondary N) is 1. The molecular formula is C13H13F2N3O2S2. The summed E-state index contributed by atoms with van der Waals surface area (Å²) in [6.45, 7) is 1.16. The first-order chi connectivity index (χ1) is 10.4. The van der Waals surface area contributed by atoms with Crippen molar-refractivity contribution in [1.29, 1.82) is 0 Å². The molecule has 118 valence electrons. The van der Waals surface area contributed by atoms with Crippen LogP contribution in [0.3, 0.4) is 0 Å². The van der Waals surface area contributed by atoms with Crippen molar-refractivity contribution < 1.29 is 17.2 Å². The number of halogens is 2.